The van der Waals surface area contributed by atoms with Crippen molar-refractivity contribution in [1.82, 2.24) is 9.97 Å². The fourth-order valence-electron chi connectivity index (χ4n) is 1.48. The first-order chi connectivity index (χ1) is 8.66. The van der Waals surface area contributed by atoms with Crippen LogP contribution in [0.1, 0.15) is 5.56 Å². The van der Waals surface area contributed by atoms with Crippen molar-refractivity contribution >= 4 is 34.8 Å². The van der Waals surface area contributed by atoms with Gasteiger partial charge >= 0.3 is 0 Å². The summed E-state index contributed by atoms with van der Waals surface area (Å²) >= 11 is 11.8. The molecule has 94 valence electrons. The van der Waals surface area contributed by atoms with Crippen LogP contribution in [0.25, 0.3) is 0 Å². The summed E-state index contributed by atoms with van der Waals surface area (Å²) in [4.78, 5) is 7.82. The Hall–Kier alpha value is -1.52. The van der Waals surface area contributed by atoms with E-state index in [0.29, 0.717) is 17.4 Å². The lowest BCUT2D eigenvalue weighted by molar-refractivity contribution is 1.00. The zero-order valence-electron chi connectivity index (χ0n) is 9.53. The predicted molar refractivity (Wildman–Crippen MR) is 75.1 cm³/mol. The maximum Gasteiger partial charge on any atom is 0.150 e. The van der Waals surface area contributed by atoms with Gasteiger partial charge in [0.15, 0.2) is 0 Å². The SMILES string of the molecule is Nc1ncnc(NCCc2ccc(Cl)cc2)c1Cl. The first-order valence-electron chi connectivity index (χ1n) is 5.41. The molecule has 0 radical (unpaired) electrons. The fourth-order valence-corrected chi connectivity index (χ4v) is 1.77. The van der Waals surface area contributed by atoms with E-state index in [1.165, 1.54) is 11.9 Å². The minimum absolute atomic E-state index is 0.278. The van der Waals surface area contributed by atoms with E-state index in [9.17, 15) is 0 Å². The molecule has 3 N–H and O–H groups in total. The number of aromatic nitrogens is 2. The number of benzene rings is 1. The lowest BCUT2D eigenvalue weighted by Gasteiger charge is -2.08. The van der Waals surface area contributed by atoms with Crippen LogP contribution in [0.3, 0.4) is 0 Å². The molecular formula is C12H12Cl2N4. The summed E-state index contributed by atoms with van der Waals surface area (Å²) in [6.45, 7) is 0.706. The molecular weight excluding hydrogens is 271 g/mol. The van der Waals surface area contributed by atoms with Crippen LogP contribution in [0.4, 0.5) is 11.6 Å². The van der Waals surface area contributed by atoms with Gasteiger partial charge < -0.3 is 11.1 Å². The van der Waals surface area contributed by atoms with Gasteiger partial charge in [-0.25, -0.2) is 9.97 Å². The number of hydrogen-bond acceptors (Lipinski definition) is 4. The Morgan fingerprint density at radius 1 is 1.11 bits per heavy atom. The molecule has 0 aliphatic rings. The van der Waals surface area contributed by atoms with Crippen molar-refractivity contribution < 1.29 is 0 Å². The van der Waals surface area contributed by atoms with E-state index in [2.05, 4.69) is 15.3 Å². The van der Waals surface area contributed by atoms with Crippen LogP contribution in [0.2, 0.25) is 10.0 Å². The number of halogens is 2. The molecule has 0 spiro atoms. The highest BCUT2D eigenvalue weighted by Gasteiger charge is 2.05. The van der Waals surface area contributed by atoms with E-state index >= 15 is 0 Å². The van der Waals surface area contributed by atoms with Crippen LogP contribution in [-0.4, -0.2) is 16.5 Å². The van der Waals surface area contributed by atoms with Crippen molar-refractivity contribution in [3.05, 3.63) is 46.2 Å². The summed E-state index contributed by atoms with van der Waals surface area (Å²) < 4.78 is 0. The van der Waals surface area contributed by atoms with Gasteiger partial charge in [0.05, 0.1) is 0 Å². The second-order valence-corrected chi connectivity index (χ2v) is 4.54. The molecule has 0 saturated heterocycles. The highest BCUT2D eigenvalue weighted by Crippen LogP contribution is 2.22. The Morgan fingerprint density at radius 2 is 1.83 bits per heavy atom. The van der Waals surface area contributed by atoms with Gasteiger partial charge in [0.2, 0.25) is 0 Å². The Labute approximate surface area is 115 Å². The molecule has 4 nitrogen and oxygen atoms in total. The number of rotatable bonds is 4. The molecule has 0 atom stereocenters. The smallest absolute Gasteiger partial charge is 0.150 e. The van der Waals surface area contributed by atoms with Gasteiger partial charge in [-0.1, -0.05) is 35.3 Å². The molecule has 1 aromatic heterocycles. The summed E-state index contributed by atoms with van der Waals surface area (Å²) in [6.07, 6.45) is 2.23. The van der Waals surface area contributed by atoms with Crippen molar-refractivity contribution in [1.29, 1.82) is 0 Å². The van der Waals surface area contributed by atoms with Crippen LogP contribution in [0, 0.1) is 0 Å². The third-order valence-corrected chi connectivity index (χ3v) is 3.06. The van der Waals surface area contributed by atoms with Gasteiger partial charge in [0.1, 0.15) is 23.0 Å². The normalized spacial score (nSPS) is 10.3. The maximum atomic E-state index is 5.97. The van der Waals surface area contributed by atoms with E-state index in [1.54, 1.807) is 0 Å². The number of nitrogen functional groups attached to an aromatic ring is 1. The Morgan fingerprint density at radius 3 is 2.56 bits per heavy atom. The van der Waals surface area contributed by atoms with Crippen LogP contribution in [0.15, 0.2) is 30.6 Å². The van der Waals surface area contributed by atoms with E-state index < -0.39 is 0 Å². The van der Waals surface area contributed by atoms with Crippen LogP contribution >= 0.6 is 23.2 Å². The predicted octanol–water partition coefficient (Wildman–Crippen LogP) is 3.02. The van der Waals surface area contributed by atoms with Gasteiger partial charge in [-0.15, -0.1) is 0 Å². The fraction of sp³-hybridized carbons (Fsp3) is 0.167. The quantitative estimate of drug-likeness (QED) is 0.905. The van der Waals surface area contributed by atoms with Crippen molar-refractivity contribution in [3.63, 3.8) is 0 Å². The molecule has 0 amide bonds. The molecule has 0 unspecified atom stereocenters. The highest BCUT2D eigenvalue weighted by molar-refractivity contribution is 6.35. The minimum Gasteiger partial charge on any atom is -0.382 e. The Bertz CT molecular complexity index is 528. The molecule has 18 heavy (non-hydrogen) atoms. The average Bonchev–Trinajstić information content (AvgIpc) is 2.37. The van der Waals surface area contributed by atoms with Crippen LogP contribution in [-0.2, 0) is 6.42 Å². The standard InChI is InChI=1S/C12H12Cl2N4/c13-9-3-1-8(2-4-9)5-6-16-12-10(14)11(15)17-7-18-12/h1-4,7H,5-6H2,(H3,15,16,17,18). The molecule has 0 aliphatic heterocycles. The first-order valence-corrected chi connectivity index (χ1v) is 6.16. The minimum atomic E-state index is 0.278. The second-order valence-electron chi connectivity index (χ2n) is 3.72. The van der Waals surface area contributed by atoms with Gasteiger partial charge in [-0.3, -0.25) is 0 Å². The highest BCUT2D eigenvalue weighted by atomic mass is 35.5. The van der Waals surface area contributed by atoms with Gasteiger partial charge in [-0.05, 0) is 24.1 Å². The number of nitrogens with two attached hydrogens (primary N) is 1. The van der Waals surface area contributed by atoms with Gasteiger partial charge in [-0.2, -0.15) is 0 Å². The first kappa shape index (κ1) is 12.9. The van der Waals surface area contributed by atoms with Crippen LogP contribution < -0.4 is 11.1 Å². The summed E-state index contributed by atoms with van der Waals surface area (Å²) in [5.74, 6) is 0.832. The van der Waals surface area contributed by atoms with Crippen molar-refractivity contribution in [2.45, 2.75) is 6.42 Å². The molecule has 0 bridgehead atoms. The largest absolute Gasteiger partial charge is 0.382 e. The summed E-state index contributed by atoms with van der Waals surface area (Å²) in [6, 6.07) is 7.71. The molecule has 0 aliphatic carbocycles. The summed E-state index contributed by atoms with van der Waals surface area (Å²) in [5.41, 5.74) is 6.77. The van der Waals surface area contributed by atoms with Crippen molar-refractivity contribution in [2.75, 3.05) is 17.6 Å². The number of anilines is 2. The third kappa shape index (κ3) is 3.24. The lowest BCUT2D eigenvalue weighted by atomic mass is 10.1. The van der Waals surface area contributed by atoms with E-state index in [1.807, 2.05) is 24.3 Å². The molecule has 6 heteroatoms. The molecule has 2 aromatic rings. The zero-order chi connectivity index (χ0) is 13.0. The second kappa shape index (κ2) is 5.89. The molecule has 1 heterocycles. The summed E-state index contributed by atoms with van der Waals surface area (Å²) in [7, 11) is 0. The van der Waals surface area contributed by atoms with E-state index in [0.717, 1.165) is 11.4 Å². The van der Waals surface area contributed by atoms with Gasteiger partial charge in [0, 0.05) is 11.6 Å². The van der Waals surface area contributed by atoms with Crippen molar-refractivity contribution in [3.8, 4) is 0 Å². The molecule has 0 fully saturated rings. The number of nitrogens with zero attached hydrogens (tertiary/aromatic N) is 2. The lowest BCUT2D eigenvalue weighted by Crippen LogP contribution is -2.08. The summed E-state index contributed by atoms with van der Waals surface area (Å²) in [5, 5.41) is 4.21. The molecule has 0 saturated carbocycles. The topological polar surface area (TPSA) is 63.8 Å². The number of hydrogen-bond donors (Lipinski definition) is 2. The molecule has 2 rings (SSSR count). The number of nitrogens with one attached hydrogen (secondary N) is 1. The van der Waals surface area contributed by atoms with Crippen LogP contribution in [0.5, 0.6) is 0 Å². The van der Waals surface area contributed by atoms with E-state index in [-0.39, 0.29) is 5.82 Å². The Balaban J connectivity index is 1.92. The molecule has 1 aromatic carbocycles. The van der Waals surface area contributed by atoms with Gasteiger partial charge in [0.25, 0.3) is 0 Å². The average molecular weight is 283 g/mol. The van der Waals surface area contributed by atoms with E-state index in [4.69, 9.17) is 28.9 Å². The monoisotopic (exact) mass is 282 g/mol. The maximum absolute atomic E-state index is 5.97. The van der Waals surface area contributed by atoms with Crippen molar-refractivity contribution in [2.24, 2.45) is 0 Å². The Kier molecular flexibility index (Phi) is 4.23. The third-order valence-electron chi connectivity index (χ3n) is 2.44. The zero-order valence-corrected chi connectivity index (χ0v) is 11.0.